The van der Waals surface area contributed by atoms with Crippen molar-refractivity contribution in [2.45, 2.75) is 25.2 Å². The maximum Gasteiger partial charge on any atom is 0.303 e. The van der Waals surface area contributed by atoms with E-state index in [1.807, 2.05) is 18.2 Å². The first-order chi connectivity index (χ1) is 9.56. The van der Waals surface area contributed by atoms with Crippen molar-refractivity contribution >= 4 is 28.3 Å². The first kappa shape index (κ1) is 13.3. The highest BCUT2D eigenvalue weighted by molar-refractivity contribution is 6.31. The van der Waals surface area contributed by atoms with Gasteiger partial charge in [0.1, 0.15) is 5.75 Å². The molecule has 1 aliphatic rings. The number of phenols is 1. The van der Waals surface area contributed by atoms with Gasteiger partial charge in [-0.05, 0) is 47.7 Å². The molecule has 104 valence electrons. The van der Waals surface area contributed by atoms with Crippen LogP contribution in [-0.2, 0) is 4.79 Å². The Bertz CT molecular complexity index is 677. The molecule has 2 aromatic rings. The molecule has 1 fully saturated rings. The van der Waals surface area contributed by atoms with E-state index in [1.165, 1.54) is 0 Å². The maximum absolute atomic E-state index is 11.1. The van der Waals surface area contributed by atoms with Crippen molar-refractivity contribution in [3.63, 3.8) is 0 Å². The SMILES string of the molecule is O=C(O)CC(c1c(O)ccc2cc(Cl)ccc12)C1CC1. The maximum atomic E-state index is 11.1. The molecule has 20 heavy (non-hydrogen) atoms. The lowest BCUT2D eigenvalue weighted by atomic mass is 9.86. The zero-order chi connectivity index (χ0) is 14.3. The van der Waals surface area contributed by atoms with E-state index in [-0.39, 0.29) is 18.1 Å². The van der Waals surface area contributed by atoms with Gasteiger partial charge in [0.15, 0.2) is 0 Å². The zero-order valence-corrected chi connectivity index (χ0v) is 11.6. The monoisotopic (exact) mass is 290 g/mol. The van der Waals surface area contributed by atoms with E-state index >= 15 is 0 Å². The third kappa shape index (κ3) is 2.46. The molecule has 0 aromatic heterocycles. The molecule has 1 aliphatic carbocycles. The van der Waals surface area contributed by atoms with Crippen LogP contribution in [0.1, 0.15) is 30.7 Å². The van der Waals surface area contributed by atoms with Crippen LogP contribution in [0.5, 0.6) is 5.75 Å². The van der Waals surface area contributed by atoms with Gasteiger partial charge in [0.25, 0.3) is 0 Å². The van der Waals surface area contributed by atoms with Crippen molar-refractivity contribution in [1.29, 1.82) is 0 Å². The molecule has 1 atom stereocenters. The van der Waals surface area contributed by atoms with Crippen LogP contribution in [-0.4, -0.2) is 16.2 Å². The highest BCUT2D eigenvalue weighted by Crippen LogP contribution is 2.49. The number of aliphatic carboxylic acids is 1. The summed E-state index contributed by atoms with van der Waals surface area (Å²) in [4.78, 5) is 11.1. The minimum atomic E-state index is -0.827. The lowest BCUT2D eigenvalue weighted by Crippen LogP contribution is -2.09. The second-order valence-electron chi connectivity index (χ2n) is 5.41. The van der Waals surface area contributed by atoms with Crippen LogP contribution in [0.15, 0.2) is 30.3 Å². The van der Waals surface area contributed by atoms with Crippen LogP contribution in [0.4, 0.5) is 0 Å². The van der Waals surface area contributed by atoms with Gasteiger partial charge in [0.2, 0.25) is 0 Å². The molecular weight excluding hydrogens is 276 g/mol. The second kappa shape index (κ2) is 4.98. The highest BCUT2D eigenvalue weighted by atomic mass is 35.5. The molecule has 0 heterocycles. The Kier molecular flexibility index (Phi) is 3.30. The van der Waals surface area contributed by atoms with Crippen LogP contribution < -0.4 is 0 Å². The molecule has 1 saturated carbocycles. The molecule has 0 aliphatic heterocycles. The van der Waals surface area contributed by atoms with Gasteiger partial charge < -0.3 is 10.2 Å². The molecule has 0 bridgehead atoms. The number of fused-ring (bicyclic) bond motifs is 1. The quantitative estimate of drug-likeness (QED) is 0.888. The van der Waals surface area contributed by atoms with Crippen LogP contribution in [0, 0.1) is 5.92 Å². The summed E-state index contributed by atoms with van der Waals surface area (Å²) in [6.45, 7) is 0. The van der Waals surface area contributed by atoms with E-state index in [9.17, 15) is 9.90 Å². The number of phenolic OH excluding ortho intramolecular Hbond substituents is 1. The lowest BCUT2D eigenvalue weighted by Gasteiger charge is -2.18. The molecule has 0 radical (unpaired) electrons. The molecule has 0 saturated heterocycles. The summed E-state index contributed by atoms with van der Waals surface area (Å²) in [5.74, 6) is -0.416. The average molecular weight is 291 g/mol. The largest absolute Gasteiger partial charge is 0.508 e. The number of benzene rings is 2. The second-order valence-corrected chi connectivity index (χ2v) is 5.84. The molecule has 3 nitrogen and oxygen atoms in total. The summed E-state index contributed by atoms with van der Waals surface area (Å²) < 4.78 is 0. The first-order valence-corrected chi connectivity index (χ1v) is 7.07. The van der Waals surface area contributed by atoms with Crippen LogP contribution >= 0.6 is 11.6 Å². The Labute approximate surface area is 121 Å². The smallest absolute Gasteiger partial charge is 0.303 e. The van der Waals surface area contributed by atoms with Gasteiger partial charge in [-0.3, -0.25) is 4.79 Å². The van der Waals surface area contributed by atoms with Crippen LogP contribution in [0.3, 0.4) is 0 Å². The number of carboxylic acid groups (broad SMARTS) is 1. The topological polar surface area (TPSA) is 57.5 Å². The van der Waals surface area contributed by atoms with Gasteiger partial charge in [-0.25, -0.2) is 0 Å². The van der Waals surface area contributed by atoms with Crippen molar-refractivity contribution in [1.82, 2.24) is 0 Å². The van der Waals surface area contributed by atoms with Crippen molar-refractivity contribution in [3.8, 4) is 5.75 Å². The van der Waals surface area contributed by atoms with Crippen molar-refractivity contribution in [2.75, 3.05) is 0 Å². The molecule has 1 unspecified atom stereocenters. The van der Waals surface area contributed by atoms with E-state index in [4.69, 9.17) is 16.7 Å². The van der Waals surface area contributed by atoms with E-state index in [0.717, 1.165) is 29.2 Å². The van der Waals surface area contributed by atoms with Crippen LogP contribution in [0.2, 0.25) is 5.02 Å². The van der Waals surface area contributed by atoms with Crippen molar-refractivity contribution < 1.29 is 15.0 Å². The van der Waals surface area contributed by atoms with Gasteiger partial charge in [-0.1, -0.05) is 23.7 Å². The molecule has 0 spiro atoms. The zero-order valence-electron chi connectivity index (χ0n) is 10.8. The number of carbonyl (C=O) groups is 1. The van der Waals surface area contributed by atoms with Crippen molar-refractivity contribution in [3.05, 3.63) is 40.9 Å². The lowest BCUT2D eigenvalue weighted by molar-refractivity contribution is -0.137. The average Bonchev–Trinajstić information content (AvgIpc) is 3.21. The summed E-state index contributed by atoms with van der Waals surface area (Å²) in [5, 5.41) is 21.8. The molecular formula is C16H15ClO3. The number of halogens is 1. The van der Waals surface area contributed by atoms with Gasteiger partial charge in [-0.2, -0.15) is 0 Å². The fraction of sp³-hybridized carbons (Fsp3) is 0.312. The number of hydrogen-bond acceptors (Lipinski definition) is 2. The minimum absolute atomic E-state index is 0.0555. The Morgan fingerprint density at radius 3 is 2.70 bits per heavy atom. The molecule has 2 aromatic carbocycles. The predicted molar refractivity (Wildman–Crippen MR) is 78.3 cm³/mol. The fourth-order valence-electron chi connectivity index (χ4n) is 2.89. The Morgan fingerprint density at radius 1 is 1.30 bits per heavy atom. The van der Waals surface area contributed by atoms with E-state index in [2.05, 4.69) is 0 Å². The van der Waals surface area contributed by atoms with Gasteiger partial charge in [0, 0.05) is 16.5 Å². The summed E-state index contributed by atoms with van der Waals surface area (Å²) in [6, 6.07) is 8.92. The standard InChI is InChI=1S/C16H15ClO3/c17-11-4-5-12-10(7-11)3-6-14(18)16(12)13(8-15(19)20)9-1-2-9/h3-7,9,13,18H,1-2,8H2,(H,19,20). The fourth-order valence-corrected chi connectivity index (χ4v) is 3.07. The number of aromatic hydroxyl groups is 1. The Morgan fingerprint density at radius 2 is 2.05 bits per heavy atom. The predicted octanol–water partition coefficient (Wildman–Crippen LogP) is 4.17. The van der Waals surface area contributed by atoms with Gasteiger partial charge in [0.05, 0.1) is 6.42 Å². The number of rotatable bonds is 4. The number of hydrogen-bond donors (Lipinski definition) is 2. The van der Waals surface area contributed by atoms with Crippen molar-refractivity contribution in [2.24, 2.45) is 5.92 Å². The summed E-state index contributed by atoms with van der Waals surface area (Å²) in [5.41, 5.74) is 0.754. The van der Waals surface area contributed by atoms with Gasteiger partial charge in [-0.15, -0.1) is 0 Å². The molecule has 4 heteroatoms. The van der Waals surface area contributed by atoms with Gasteiger partial charge >= 0.3 is 5.97 Å². The number of carboxylic acids is 1. The van der Waals surface area contributed by atoms with E-state index in [0.29, 0.717) is 10.9 Å². The summed E-state index contributed by atoms with van der Waals surface area (Å²) in [6.07, 6.45) is 2.11. The summed E-state index contributed by atoms with van der Waals surface area (Å²) in [7, 11) is 0. The van der Waals surface area contributed by atoms with E-state index in [1.54, 1.807) is 12.1 Å². The highest BCUT2D eigenvalue weighted by Gasteiger charge is 2.36. The minimum Gasteiger partial charge on any atom is -0.508 e. The Balaban J connectivity index is 2.16. The van der Waals surface area contributed by atoms with E-state index < -0.39 is 5.97 Å². The third-order valence-electron chi connectivity index (χ3n) is 3.96. The summed E-state index contributed by atoms with van der Waals surface area (Å²) >= 11 is 5.99. The Hall–Kier alpha value is -1.74. The molecule has 2 N–H and O–H groups in total. The molecule has 3 rings (SSSR count). The molecule has 0 amide bonds. The normalized spacial score (nSPS) is 16.2. The first-order valence-electron chi connectivity index (χ1n) is 6.69. The van der Waals surface area contributed by atoms with Crippen LogP contribution in [0.25, 0.3) is 10.8 Å². The third-order valence-corrected chi connectivity index (χ3v) is 4.19.